The molecule has 1 aromatic carbocycles. The molecular formula is C13H16N2O4S. The van der Waals surface area contributed by atoms with E-state index in [9.17, 15) is 15.0 Å². The van der Waals surface area contributed by atoms with Crippen LogP contribution in [0.1, 0.15) is 25.0 Å². The van der Waals surface area contributed by atoms with Crippen LogP contribution in [0.3, 0.4) is 0 Å². The van der Waals surface area contributed by atoms with Gasteiger partial charge in [0.25, 0.3) is 6.01 Å². The van der Waals surface area contributed by atoms with Gasteiger partial charge >= 0.3 is 0 Å². The molecule has 0 spiro atoms. The number of carbonyl (C=O) groups is 1. The summed E-state index contributed by atoms with van der Waals surface area (Å²) in [5, 5.41) is 20.0. The van der Waals surface area contributed by atoms with Gasteiger partial charge in [0.15, 0.2) is 10.7 Å². The van der Waals surface area contributed by atoms with E-state index in [0.717, 1.165) is 11.8 Å². The summed E-state index contributed by atoms with van der Waals surface area (Å²) >= 11 is 1.12. The Morgan fingerprint density at radius 3 is 2.95 bits per heavy atom. The SMILES string of the molecule is CC(=O)SCCC(O)C(O)c1ccc2oc(N)nc2c1. The third-order valence-electron chi connectivity index (χ3n) is 2.85. The zero-order valence-corrected chi connectivity index (χ0v) is 11.8. The van der Waals surface area contributed by atoms with E-state index in [4.69, 9.17) is 10.2 Å². The first-order valence-corrected chi connectivity index (χ1v) is 7.11. The molecule has 0 fully saturated rings. The molecule has 1 heterocycles. The van der Waals surface area contributed by atoms with Gasteiger partial charge in [0.2, 0.25) is 0 Å². The number of anilines is 1. The van der Waals surface area contributed by atoms with Gasteiger partial charge in [-0.15, -0.1) is 0 Å². The van der Waals surface area contributed by atoms with Crippen molar-refractivity contribution >= 4 is 34.0 Å². The van der Waals surface area contributed by atoms with Crippen LogP contribution >= 0.6 is 11.8 Å². The number of nitrogen functional groups attached to an aromatic ring is 1. The summed E-state index contributed by atoms with van der Waals surface area (Å²) in [6.45, 7) is 1.47. The molecule has 4 N–H and O–H groups in total. The molecule has 0 aliphatic carbocycles. The van der Waals surface area contributed by atoms with Crippen molar-refractivity contribution in [3.05, 3.63) is 23.8 Å². The van der Waals surface area contributed by atoms with Crippen LogP contribution < -0.4 is 5.73 Å². The molecule has 6 nitrogen and oxygen atoms in total. The molecule has 0 saturated heterocycles. The first-order valence-electron chi connectivity index (χ1n) is 6.13. The van der Waals surface area contributed by atoms with E-state index < -0.39 is 12.2 Å². The molecule has 0 amide bonds. The fourth-order valence-corrected chi connectivity index (χ4v) is 2.50. The highest BCUT2D eigenvalue weighted by atomic mass is 32.2. The molecule has 0 saturated carbocycles. The quantitative estimate of drug-likeness (QED) is 0.766. The van der Waals surface area contributed by atoms with Crippen LogP contribution in [0, 0.1) is 0 Å². The predicted octanol–water partition coefficient (Wildman–Crippen LogP) is 1.47. The Kier molecular flexibility index (Phi) is 4.64. The standard InChI is InChI=1S/C13H16N2O4S/c1-7(16)20-5-4-10(17)12(18)8-2-3-11-9(6-8)15-13(14)19-11/h2-3,6,10,12,17-18H,4-5H2,1H3,(H2,14,15). The van der Waals surface area contributed by atoms with Gasteiger partial charge in [0, 0.05) is 12.7 Å². The van der Waals surface area contributed by atoms with Crippen molar-refractivity contribution < 1.29 is 19.4 Å². The Hall–Kier alpha value is -1.57. The van der Waals surface area contributed by atoms with Crippen molar-refractivity contribution in [3.8, 4) is 0 Å². The largest absolute Gasteiger partial charge is 0.424 e. The lowest BCUT2D eigenvalue weighted by Gasteiger charge is -2.17. The Balaban J connectivity index is 2.05. The van der Waals surface area contributed by atoms with Crippen molar-refractivity contribution in [2.75, 3.05) is 11.5 Å². The number of nitrogens with two attached hydrogens (primary N) is 1. The van der Waals surface area contributed by atoms with Gasteiger partial charge in [0.05, 0.1) is 6.10 Å². The molecule has 2 aromatic rings. The van der Waals surface area contributed by atoms with E-state index in [1.165, 1.54) is 6.92 Å². The highest BCUT2D eigenvalue weighted by molar-refractivity contribution is 8.13. The summed E-state index contributed by atoms with van der Waals surface area (Å²) in [5.41, 5.74) is 7.04. The zero-order chi connectivity index (χ0) is 14.7. The molecule has 0 bridgehead atoms. The minimum absolute atomic E-state index is 0.00817. The topological polar surface area (TPSA) is 110 Å². The van der Waals surface area contributed by atoms with Gasteiger partial charge in [-0.1, -0.05) is 17.8 Å². The Bertz CT molecular complexity index is 613. The smallest absolute Gasteiger partial charge is 0.292 e. The lowest BCUT2D eigenvalue weighted by Crippen LogP contribution is -2.19. The van der Waals surface area contributed by atoms with Crippen LogP contribution in [0.5, 0.6) is 0 Å². The molecule has 2 rings (SSSR count). The number of oxazole rings is 1. The molecule has 7 heteroatoms. The highest BCUT2D eigenvalue weighted by Gasteiger charge is 2.19. The molecule has 0 aliphatic rings. The number of fused-ring (bicyclic) bond motifs is 1. The van der Waals surface area contributed by atoms with E-state index in [0.29, 0.717) is 28.8 Å². The summed E-state index contributed by atoms with van der Waals surface area (Å²) < 4.78 is 5.14. The number of thioether (sulfide) groups is 1. The van der Waals surface area contributed by atoms with Crippen molar-refractivity contribution in [2.45, 2.75) is 25.6 Å². The molecule has 1 aromatic heterocycles. The average molecular weight is 296 g/mol. The second-order valence-corrected chi connectivity index (χ2v) is 5.69. The molecule has 2 atom stereocenters. The summed E-state index contributed by atoms with van der Waals surface area (Å²) in [7, 11) is 0. The van der Waals surface area contributed by atoms with Gasteiger partial charge < -0.3 is 20.4 Å². The fourth-order valence-electron chi connectivity index (χ4n) is 1.85. The van der Waals surface area contributed by atoms with Crippen LogP contribution in [0.15, 0.2) is 22.6 Å². The molecule has 2 unspecified atom stereocenters. The van der Waals surface area contributed by atoms with E-state index >= 15 is 0 Å². The normalized spacial score (nSPS) is 14.3. The minimum Gasteiger partial charge on any atom is -0.424 e. The predicted molar refractivity (Wildman–Crippen MR) is 77.1 cm³/mol. The van der Waals surface area contributed by atoms with Gasteiger partial charge in [-0.05, 0) is 24.1 Å². The highest BCUT2D eigenvalue weighted by Crippen LogP contribution is 2.25. The number of aromatic nitrogens is 1. The third kappa shape index (κ3) is 3.50. The fraction of sp³-hybridized carbons (Fsp3) is 0.385. The monoisotopic (exact) mass is 296 g/mol. The summed E-state index contributed by atoms with van der Waals surface area (Å²) in [5.74, 6) is 0.465. The molecular weight excluding hydrogens is 280 g/mol. The number of benzene rings is 1. The first kappa shape index (κ1) is 14.8. The first-order chi connectivity index (χ1) is 9.47. The summed E-state index contributed by atoms with van der Waals surface area (Å²) in [4.78, 5) is 14.8. The van der Waals surface area contributed by atoms with Gasteiger partial charge in [0.1, 0.15) is 11.6 Å². The second-order valence-electron chi connectivity index (χ2n) is 4.42. The van der Waals surface area contributed by atoms with Crippen molar-refractivity contribution in [2.24, 2.45) is 0 Å². The van der Waals surface area contributed by atoms with Gasteiger partial charge in [-0.3, -0.25) is 4.79 Å². The van der Waals surface area contributed by atoms with Crippen LogP contribution in [0.25, 0.3) is 11.1 Å². The number of aliphatic hydroxyl groups is 2. The average Bonchev–Trinajstić information content (AvgIpc) is 2.76. The van der Waals surface area contributed by atoms with Crippen molar-refractivity contribution in [3.63, 3.8) is 0 Å². The van der Waals surface area contributed by atoms with Crippen LogP contribution in [-0.2, 0) is 4.79 Å². The van der Waals surface area contributed by atoms with Crippen molar-refractivity contribution in [1.82, 2.24) is 4.98 Å². The maximum Gasteiger partial charge on any atom is 0.292 e. The maximum absolute atomic E-state index is 10.8. The lowest BCUT2D eigenvalue weighted by atomic mass is 10.0. The van der Waals surface area contributed by atoms with E-state index in [1.54, 1.807) is 18.2 Å². The number of carbonyl (C=O) groups excluding carboxylic acids is 1. The van der Waals surface area contributed by atoms with Gasteiger partial charge in [-0.2, -0.15) is 4.98 Å². The Morgan fingerprint density at radius 2 is 2.25 bits per heavy atom. The van der Waals surface area contributed by atoms with Gasteiger partial charge in [-0.25, -0.2) is 0 Å². The summed E-state index contributed by atoms with van der Waals surface area (Å²) in [6, 6.07) is 4.99. The molecule has 108 valence electrons. The van der Waals surface area contributed by atoms with Crippen LogP contribution in [0.2, 0.25) is 0 Å². The number of aliphatic hydroxyl groups excluding tert-OH is 2. The lowest BCUT2D eigenvalue weighted by molar-refractivity contribution is -0.109. The molecule has 0 radical (unpaired) electrons. The minimum atomic E-state index is -1.04. The van der Waals surface area contributed by atoms with E-state index in [-0.39, 0.29) is 11.1 Å². The summed E-state index contributed by atoms with van der Waals surface area (Å²) in [6.07, 6.45) is -1.65. The van der Waals surface area contributed by atoms with Crippen molar-refractivity contribution in [1.29, 1.82) is 0 Å². The van der Waals surface area contributed by atoms with E-state index in [2.05, 4.69) is 4.98 Å². The number of hydrogen-bond acceptors (Lipinski definition) is 7. The zero-order valence-electron chi connectivity index (χ0n) is 10.9. The van der Waals surface area contributed by atoms with Crippen LogP contribution in [0.4, 0.5) is 6.01 Å². The molecule has 0 aliphatic heterocycles. The van der Waals surface area contributed by atoms with Crippen LogP contribution in [-0.4, -0.2) is 32.2 Å². The second kappa shape index (κ2) is 6.25. The molecule has 20 heavy (non-hydrogen) atoms. The Morgan fingerprint density at radius 1 is 1.50 bits per heavy atom. The number of rotatable bonds is 5. The van der Waals surface area contributed by atoms with E-state index in [1.807, 2.05) is 0 Å². The third-order valence-corrected chi connectivity index (χ3v) is 3.70. The number of hydrogen-bond donors (Lipinski definition) is 3. The Labute approximate surface area is 120 Å². The number of nitrogens with zero attached hydrogens (tertiary/aromatic N) is 1. The maximum atomic E-state index is 10.8.